The molecule has 0 spiro atoms. The number of nitrogens with one attached hydrogen (secondary N) is 1. The molecule has 100 valence electrons. The smallest absolute Gasteiger partial charge is 0.261 e. The fourth-order valence-electron chi connectivity index (χ4n) is 2.34. The molecule has 3 rings (SSSR count). The number of Topliss-reactive ketones (excluding diaryl/α,β-unsaturated/α-hetero) is 1. The Labute approximate surface area is 115 Å². The zero-order valence-corrected chi connectivity index (χ0v) is 10.5. The average molecular weight is 268 g/mol. The molecule has 2 heterocycles. The van der Waals surface area contributed by atoms with Gasteiger partial charge in [0, 0.05) is 29.2 Å². The number of rotatable bonds is 3. The SMILES string of the molecule is O=C(C[C@]1(O)C(=O)Nc2ccccc21)c1cccnc1. The second kappa shape index (κ2) is 4.54. The molecular formula is C15H12N2O3. The number of amides is 1. The van der Waals surface area contributed by atoms with Gasteiger partial charge in [-0.1, -0.05) is 18.2 Å². The summed E-state index contributed by atoms with van der Waals surface area (Å²) >= 11 is 0. The fraction of sp³-hybridized carbons (Fsp3) is 0.133. The van der Waals surface area contributed by atoms with E-state index in [1.807, 2.05) is 0 Å². The van der Waals surface area contributed by atoms with Crippen LogP contribution in [0.4, 0.5) is 5.69 Å². The predicted octanol–water partition coefficient (Wildman–Crippen LogP) is 1.49. The Balaban J connectivity index is 1.94. The van der Waals surface area contributed by atoms with Gasteiger partial charge < -0.3 is 10.4 Å². The van der Waals surface area contributed by atoms with Gasteiger partial charge in [-0.15, -0.1) is 0 Å². The van der Waals surface area contributed by atoms with Crippen molar-refractivity contribution in [3.63, 3.8) is 0 Å². The summed E-state index contributed by atoms with van der Waals surface area (Å²) in [5, 5.41) is 13.2. The zero-order valence-electron chi connectivity index (χ0n) is 10.5. The molecule has 0 unspecified atom stereocenters. The molecule has 1 aliphatic rings. The minimum Gasteiger partial charge on any atom is -0.375 e. The van der Waals surface area contributed by atoms with E-state index in [1.165, 1.54) is 6.20 Å². The number of nitrogens with zero attached hydrogens (tertiary/aromatic N) is 1. The van der Waals surface area contributed by atoms with Crippen molar-refractivity contribution in [1.82, 2.24) is 4.98 Å². The zero-order chi connectivity index (χ0) is 14.2. The van der Waals surface area contributed by atoms with Gasteiger partial charge in [-0.25, -0.2) is 0 Å². The molecule has 0 fully saturated rings. The van der Waals surface area contributed by atoms with Crippen molar-refractivity contribution in [3.8, 4) is 0 Å². The van der Waals surface area contributed by atoms with Crippen LogP contribution in [0.15, 0.2) is 48.8 Å². The lowest BCUT2D eigenvalue weighted by molar-refractivity contribution is -0.133. The van der Waals surface area contributed by atoms with Crippen molar-refractivity contribution >= 4 is 17.4 Å². The van der Waals surface area contributed by atoms with Gasteiger partial charge in [-0.2, -0.15) is 0 Å². The summed E-state index contributed by atoms with van der Waals surface area (Å²) in [5.41, 5.74) is -0.469. The van der Waals surface area contributed by atoms with E-state index >= 15 is 0 Å². The predicted molar refractivity (Wildman–Crippen MR) is 72.2 cm³/mol. The quantitative estimate of drug-likeness (QED) is 0.827. The molecule has 0 saturated carbocycles. The van der Waals surface area contributed by atoms with Crippen LogP contribution in [0.25, 0.3) is 0 Å². The minimum absolute atomic E-state index is 0.304. The highest BCUT2D eigenvalue weighted by Crippen LogP contribution is 2.38. The Morgan fingerprint density at radius 2 is 2.05 bits per heavy atom. The molecule has 1 aliphatic heterocycles. The third-order valence-electron chi connectivity index (χ3n) is 3.40. The second-order valence-electron chi connectivity index (χ2n) is 4.70. The Morgan fingerprint density at radius 1 is 1.25 bits per heavy atom. The van der Waals surface area contributed by atoms with Crippen LogP contribution in [0, 0.1) is 0 Å². The van der Waals surface area contributed by atoms with Crippen molar-refractivity contribution in [3.05, 3.63) is 59.9 Å². The van der Waals surface area contributed by atoms with E-state index in [0.29, 0.717) is 16.8 Å². The minimum atomic E-state index is -1.82. The number of carbonyl (C=O) groups is 2. The van der Waals surface area contributed by atoms with E-state index in [9.17, 15) is 14.7 Å². The van der Waals surface area contributed by atoms with Gasteiger partial charge in [0.15, 0.2) is 11.4 Å². The first-order valence-electron chi connectivity index (χ1n) is 6.18. The first kappa shape index (κ1) is 12.5. The van der Waals surface area contributed by atoms with Gasteiger partial charge in [0.05, 0.1) is 6.42 Å². The van der Waals surface area contributed by atoms with Crippen LogP contribution >= 0.6 is 0 Å². The number of para-hydroxylation sites is 1. The molecule has 0 aliphatic carbocycles. The maximum atomic E-state index is 12.2. The van der Waals surface area contributed by atoms with E-state index in [-0.39, 0.29) is 12.2 Å². The number of aromatic nitrogens is 1. The lowest BCUT2D eigenvalue weighted by atomic mass is 9.88. The molecule has 2 aromatic rings. The Hall–Kier alpha value is -2.53. The molecule has 5 heteroatoms. The van der Waals surface area contributed by atoms with Gasteiger partial charge in [-0.3, -0.25) is 14.6 Å². The molecule has 0 bridgehead atoms. The number of pyridine rings is 1. The van der Waals surface area contributed by atoms with Crippen molar-refractivity contribution in [2.75, 3.05) is 5.32 Å². The summed E-state index contributed by atoms with van der Waals surface area (Å²) in [6.45, 7) is 0. The average Bonchev–Trinajstić information content (AvgIpc) is 2.72. The largest absolute Gasteiger partial charge is 0.375 e. The number of carbonyl (C=O) groups excluding carboxylic acids is 2. The van der Waals surface area contributed by atoms with E-state index in [4.69, 9.17) is 0 Å². The number of benzene rings is 1. The molecule has 5 nitrogen and oxygen atoms in total. The molecule has 0 saturated heterocycles. The van der Waals surface area contributed by atoms with Gasteiger partial charge >= 0.3 is 0 Å². The van der Waals surface area contributed by atoms with Crippen LogP contribution in [-0.4, -0.2) is 21.8 Å². The van der Waals surface area contributed by atoms with E-state index in [1.54, 1.807) is 42.6 Å². The van der Waals surface area contributed by atoms with Gasteiger partial charge in [0.2, 0.25) is 0 Å². The highest BCUT2D eigenvalue weighted by atomic mass is 16.3. The van der Waals surface area contributed by atoms with E-state index in [0.717, 1.165) is 0 Å². The Bertz CT molecular complexity index is 685. The molecule has 2 N–H and O–H groups in total. The number of fused-ring (bicyclic) bond motifs is 1. The molecule has 1 aromatic heterocycles. The first-order valence-corrected chi connectivity index (χ1v) is 6.18. The normalized spacial score (nSPS) is 20.4. The number of aliphatic hydroxyl groups is 1. The number of hydrogen-bond donors (Lipinski definition) is 2. The lowest BCUT2D eigenvalue weighted by Gasteiger charge is -2.19. The summed E-state index contributed by atoms with van der Waals surface area (Å²) in [4.78, 5) is 28.0. The van der Waals surface area contributed by atoms with Crippen molar-refractivity contribution < 1.29 is 14.7 Å². The van der Waals surface area contributed by atoms with Crippen molar-refractivity contribution in [2.45, 2.75) is 12.0 Å². The van der Waals surface area contributed by atoms with Crippen LogP contribution < -0.4 is 5.32 Å². The van der Waals surface area contributed by atoms with E-state index < -0.39 is 11.5 Å². The Kier molecular flexibility index (Phi) is 2.84. The molecule has 20 heavy (non-hydrogen) atoms. The highest BCUT2D eigenvalue weighted by Gasteiger charge is 2.46. The monoisotopic (exact) mass is 268 g/mol. The topological polar surface area (TPSA) is 79.3 Å². The third-order valence-corrected chi connectivity index (χ3v) is 3.40. The molecule has 1 aromatic carbocycles. The molecular weight excluding hydrogens is 256 g/mol. The summed E-state index contributed by atoms with van der Waals surface area (Å²) in [6.07, 6.45) is 2.68. The first-order chi connectivity index (χ1) is 9.61. The summed E-state index contributed by atoms with van der Waals surface area (Å²) in [5.74, 6) is -0.900. The van der Waals surface area contributed by atoms with Gasteiger partial charge in [0.1, 0.15) is 0 Å². The summed E-state index contributed by atoms with van der Waals surface area (Å²) < 4.78 is 0. The summed E-state index contributed by atoms with van der Waals surface area (Å²) in [7, 11) is 0. The standard InChI is InChI=1S/C15H12N2O3/c18-13(10-4-3-7-16-9-10)8-15(20)11-5-1-2-6-12(11)17-14(15)19/h1-7,9,20H,8H2,(H,17,19)/t15-/m1/s1. The van der Waals surface area contributed by atoms with Crippen molar-refractivity contribution in [1.29, 1.82) is 0 Å². The molecule has 1 amide bonds. The maximum Gasteiger partial charge on any atom is 0.261 e. The van der Waals surface area contributed by atoms with Crippen LogP contribution in [0.2, 0.25) is 0 Å². The van der Waals surface area contributed by atoms with Crippen LogP contribution in [0.1, 0.15) is 22.3 Å². The van der Waals surface area contributed by atoms with Crippen molar-refractivity contribution in [2.24, 2.45) is 0 Å². The Morgan fingerprint density at radius 3 is 2.80 bits per heavy atom. The maximum absolute atomic E-state index is 12.2. The molecule has 0 radical (unpaired) electrons. The van der Waals surface area contributed by atoms with Crippen LogP contribution in [0.5, 0.6) is 0 Å². The van der Waals surface area contributed by atoms with Gasteiger partial charge in [0.25, 0.3) is 5.91 Å². The van der Waals surface area contributed by atoms with E-state index in [2.05, 4.69) is 10.3 Å². The van der Waals surface area contributed by atoms with Crippen LogP contribution in [-0.2, 0) is 10.4 Å². The fourth-order valence-corrected chi connectivity index (χ4v) is 2.34. The third kappa shape index (κ3) is 1.88. The van der Waals surface area contributed by atoms with Crippen LogP contribution in [0.3, 0.4) is 0 Å². The van der Waals surface area contributed by atoms with Gasteiger partial charge in [-0.05, 0) is 18.2 Å². The number of ketones is 1. The second-order valence-corrected chi connectivity index (χ2v) is 4.70. The highest BCUT2D eigenvalue weighted by molar-refractivity contribution is 6.09. The lowest BCUT2D eigenvalue weighted by Crippen LogP contribution is -2.36. The number of hydrogen-bond acceptors (Lipinski definition) is 4. The summed E-state index contributed by atoms with van der Waals surface area (Å²) in [6, 6.07) is 10.1. The number of anilines is 1. The molecule has 1 atom stereocenters.